The molecule has 0 bridgehead atoms. The van der Waals surface area contributed by atoms with E-state index < -0.39 is 0 Å². The first-order valence-corrected chi connectivity index (χ1v) is 11.6. The summed E-state index contributed by atoms with van der Waals surface area (Å²) in [6, 6.07) is 21.2. The molecule has 0 heterocycles. The van der Waals surface area contributed by atoms with Crippen molar-refractivity contribution in [3.05, 3.63) is 105 Å². The molecule has 0 unspecified atom stereocenters. The van der Waals surface area contributed by atoms with Gasteiger partial charge in [-0.3, -0.25) is 4.79 Å². The zero-order valence-corrected chi connectivity index (χ0v) is 19.7. The highest BCUT2D eigenvalue weighted by molar-refractivity contribution is 6.31. The van der Waals surface area contributed by atoms with Gasteiger partial charge in [-0.15, -0.1) is 0 Å². The van der Waals surface area contributed by atoms with Crippen LogP contribution in [0.3, 0.4) is 0 Å². The molecule has 1 aliphatic carbocycles. The molecule has 170 valence electrons. The Labute approximate surface area is 199 Å². The third-order valence-corrected chi connectivity index (χ3v) is 6.58. The number of benzene rings is 3. The van der Waals surface area contributed by atoms with Crippen molar-refractivity contribution < 1.29 is 9.59 Å². The maximum absolute atomic E-state index is 12.9. The highest BCUT2D eigenvalue weighted by Gasteiger charge is 2.24. The van der Waals surface area contributed by atoms with E-state index in [-0.39, 0.29) is 24.5 Å². The minimum absolute atomic E-state index is 0.0812. The second-order valence-electron chi connectivity index (χ2n) is 8.28. The fourth-order valence-corrected chi connectivity index (χ4v) is 4.47. The molecule has 4 rings (SSSR count). The van der Waals surface area contributed by atoms with Gasteiger partial charge >= 0.3 is 6.03 Å². The number of aryl methyl sites for hydroxylation is 2. The lowest BCUT2D eigenvalue weighted by atomic mass is 9.95. The summed E-state index contributed by atoms with van der Waals surface area (Å²) in [5.41, 5.74) is 6.03. The minimum atomic E-state index is -0.270. The van der Waals surface area contributed by atoms with Gasteiger partial charge in [-0.2, -0.15) is 0 Å². The molecule has 0 saturated carbocycles. The molecule has 6 heteroatoms. The Balaban J connectivity index is 1.48. The Morgan fingerprint density at radius 3 is 2.15 bits per heavy atom. The first-order valence-electron chi connectivity index (χ1n) is 11.2. The van der Waals surface area contributed by atoms with E-state index in [0.717, 1.165) is 29.5 Å². The summed E-state index contributed by atoms with van der Waals surface area (Å²) in [5.74, 6) is -0.0812. The van der Waals surface area contributed by atoms with E-state index in [9.17, 15) is 9.59 Å². The van der Waals surface area contributed by atoms with E-state index in [4.69, 9.17) is 11.6 Å². The summed E-state index contributed by atoms with van der Waals surface area (Å²) < 4.78 is 0. The summed E-state index contributed by atoms with van der Waals surface area (Å²) in [6.07, 6.45) is 1.89. The van der Waals surface area contributed by atoms with Gasteiger partial charge in [0.05, 0.1) is 6.04 Å². The topological polar surface area (TPSA) is 61.4 Å². The molecule has 0 atom stereocenters. The van der Waals surface area contributed by atoms with Crippen molar-refractivity contribution in [2.24, 2.45) is 0 Å². The predicted molar refractivity (Wildman–Crippen MR) is 132 cm³/mol. The molecule has 0 spiro atoms. The second-order valence-corrected chi connectivity index (χ2v) is 8.69. The maximum atomic E-state index is 12.9. The SMILES string of the molecule is CCN(C)C(=O)c1ccc(CNC(=O)NC2c3ccccc3CCc3ccccc32)c(Cl)c1. The van der Waals surface area contributed by atoms with Gasteiger partial charge in [0.15, 0.2) is 0 Å². The van der Waals surface area contributed by atoms with Gasteiger partial charge in [0.2, 0.25) is 0 Å². The van der Waals surface area contributed by atoms with Crippen LogP contribution in [0.2, 0.25) is 5.02 Å². The smallest absolute Gasteiger partial charge is 0.315 e. The number of fused-ring (bicyclic) bond motifs is 2. The zero-order chi connectivity index (χ0) is 23.4. The van der Waals surface area contributed by atoms with Gasteiger partial charge in [-0.1, -0.05) is 66.2 Å². The van der Waals surface area contributed by atoms with Crippen molar-refractivity contribution in [1.82, 2.24) is 15.5 Å². The Morgan fingerprint density at radius 1 is 0.970 bits per heavy atom. The van der Waals surface area contributed by atoms with Gasteiger partial charge in [0, 0.05) is 30.7 Å². The van der Waals surface area contributed by atoms with Gasteiger partial charge < -0.3 is 15.5 Å². The van der Waals surface area contributed by atoms with Crippen LogP contribution >= 0.6 is 11.6 Å². The van der Waals surface area contributed by atoms with E-state index in [2.05, 4.69) is 34.9 Å². The van der Waals surface area contributed by atoms with Gasteiger partial charge in [-0.05, 0) is 59.7 Å². The van der Waals surface area contributed by atoms with Crippen molar-refractivity contribution in [3.63, 3.8) is 0 Å². The third-order valence-electron chi connectivity index (χ3n) is 6.23. The Morgan fingerprint density at radius 2 is 1.58 bits per heavy atom. The average Bonchev–Trinajstić information content (AvgIpc) is 2.99. The number of hydrogen-bond acceptors (Lipinski definition) is 2. The van der Waals surface area contributed by atoms with E-state index in [1.54, 1.807) is 30.1 Å². The lowest BCUT2D eigenvalue weighted by Gasteiger charge is -2.22. The second kappa shape index (κ2) is 10.1. The van der Waals surface area contributed by atoms with E-state index in [1.807, 2.05) is 31.2 Å². The van der Waals surface area contributed by atoms with E-state index in [1.165, 1.54) is 11.1 Å². The van der Waals surface area contributed by atoms with Crippen LogP contribution in [0.15, 0.2) is 66.7 Å². The van der Waals surface area contributed by atoms with Crippen molar-refractivity contribution >= 4 is 23.5 Å². The molecule has 5 nitrogen and oxygen atoms in total. The Bertz CT molecular complexity index is 1130. The highest BCUT2D eigenvalue weighted by Crippen LogP contribution is 2.32. The molecule has 2 N–H and O–H groups in total. The molecule has 3 aromatic carbocycles. The standard InChI is InChI=1S/C27H28ClN3O2/c1-3-31(2)26(32)20-14-15-21(24(28)16-20)17-29-27(33)30-25-22-10-6-4-8-18(22)12-13-19-9-5-7-11-23(19)25/h4-11,14-16,25H,3,12-13,17H2,1-2H3,(H2,29,30,33). The van der Waals surface area contributed by atoms with Crippen LogP contribution in [0, 0.1) is 0 Å². The largest absolute Gasteiger partial charge is 0.342 e. The number of urea groups is 1. The molecule has 0 aromatic heterocycles. The van der Waals surface area contributed by atoms with E-state index in [0.29, 0.717) is 17.1 Å². The fourth-order valence-electron chi connectivity index (χ4n) is 4.22. The zero-order valence-electron chi connectivity index (χ0n) is 18.9. The van der Waals surface area contributed by atoms with Crippen LogP contribution in [-0.4, -0.2) is 30.4 Å². The quantitative estimate of drug-likeness (QED) is 0.554. The number of nitrogens with one attached hydrogen (secondary N) is 2. The third kappa shape index (κ3) is 5.04. The van der Waals surface area contributed by atoms with Crippen LogP contribution in [0.4, 0.5) is 4.79 Å². The lowest BCUT2D eigenvalue weighted by molar-refractivity contribution is 0.0802. The summed E-state index contributed by atoms with van der Waals surface area (Å²) in [4.78, 5) is 26.9. The number of rotatable bonds is 5. The molecule has 0 fully saturated rings. The number of amides is 3. The van der Waals surface area contributed by atoms with Gasteiger partial charge in [-0.25, -0.2) is 4.79 Å². The monoisotopic (exact) mass is 461 g/mol. The Hall–Kier alpha value is -3.31. The summed E-state index contributed by atoms with van der Waals surface area (Å²) in [7, 11) is 1.75. The average molecular weight is 462 g/mol. The molecule has 3 amide bonds. The highest BCUT2D eigenvalue weighted by atomic mass is 35.5. The van der Waals surface area contributed by atoms with Crippen LogP contribution < -0.4 is 10.6 Å². The minimum Gasteiger partial charge on any atom is -0.342 e. The van der Waals surface area contributed by atoms with Crippen LogP contribution in [-0.2, 0) is 19.4 Å². The summed E-state index contributed by atoms with van der Waals surface area (Å²) in [5, 5.41) is 6.54. The summed E-state index contributed by atoms with van der Waals surface area (Å²) >= 11 is 6.41. The first kappa shape index (κ1) is 22.9. The van der Waals surface area contributed by atoms with Crippen LogP contribution in [0.1, 0.15) is 51.1 Å². The normalized spacial score (nSPS) is 12.8. The van der Waals surface area contributed by atoms with Gasteiger partial charge in [0.25, 0.3) is 5.91 Å². The molecule has 1 aliphatic rings. The van der Waals surface area contributed by atoms with Crippen LogP contribution in [0.5, 0.6) is 0 Å². The fraction of sp³-hybridized carbons (Fsp3) is 0.259. The molecule has 33 heavy (non-hydrogen) atoms. The molecule has 0 saturated heterocycles. The Kier molecular flexibility index (Phi) is 6.99. The number of nitrogens with zero attached hydrogens (tertiary/aromatic N) is 1. The number of carbonyl (C=O) groups is 2. The summed E-state index contributed by atoms with van der Waals surface area (Å²) in [6.45, 7) is 2.80. The van der Waals surface area contributed by atoms with Crippen LogP contribution in [0.25, 0.3) is 0 Å². The van der Waals surface area contributed by atoms with Crippen molar-refractivity contribution in [2.45, 2.75) is 32.4 Å². The predicted octanol–water partition coefficient (Wildman–Crippen LogP) is 5.12. The number of carbonyl (C=O) groups excluding carboxylic acids is 2. The maximum Gasteiger partial charge on any atom is 0.315 e. The first-order chi connectivity index (χ1) is 16.0. The van der Waals surface area contributed by atoms with Crippen molar-refractivity contribution in [2.75, 3.05) is 13.6 Å². The van der Waals surface area contributed by atoms with Crippen molar-refractivity contribution in [3.8, 4) is 0 Å². The molecule has 0 radical (unpaired) electrons. The van der Waals surface area contributed by atoms with Gasteiger partial charge in [0.1, 0.15) is 0 Å². The number of halogens is 1. The molecule has 3 aromatic rings. The van der Waals surface area contributed by atoms with Crippen molar-refractivity contribution in [1.29, 1.82) is 0 Å². The molecular weight excluding hydrogens is 434 g/mol. The lowest BCUT2D eigenvalue weighted by Crippen LogP contribution is -2.38. The molecular formula is C27H28ClN3O2. The van der Waals surface area contributed by atoms with E-state index >= 15 is 0 Å². The number of hydrogen-bond donors (Lipinski definition) is 2. The molecule has 0 aliphatic heterocycles.